The number of anilines is 1. The second kappa shape index (κ2) is 7.52. The van der Waals surface area contributed by atoms with Gasteiger partial charge in [0.15, 0.2) is 0 Å². The van der Waals surface area contributed by atoms with E-state index in [4.69, 9.17) is 0 Å². The summed E-state index contributed by atoms with van der Waals surface area (Å²) in [5.74, 6) is -3.01. The summed E-state index contributed by atoms with van der Waals surface area (Å²) in [6.45, 7) is 5.66. The van der Waals surface area contributed by atoms with Gasteiger partial charge >= 0.3 is 0 Å². The number of aryl methyl sites for hydroxylation is 1. The molecule has 0 spiro atoms. The van der Waals surface area contributed by atoms with Crippen LogP contribution in [0.2, 0.25) is 0 Å². The fraction of sp³-hybridized carbons (Fsp3) is 0.238. The smallest absolute Gasteiger partial charge is 0.138 e. The number of hydrogen-bond donors (Lipinski definition) is 1. The molecule has 2 aromatic carbocycles. The van der Waals surface area contributed by atoms with E-state index in [-0.39, 0.29) is 11.3 Å². The molecule has 1 heterocycles. The van der Waals surface area contributed by atoms with Crippen molar-refractivity contribution in [2.75, 3.05) is 4.90 Å². The van der Waals surface area contributed by atoms with E-state index in [9.17, 15) is 18.3 Å². The van der Waals surface area contributed by atoms with Crippen LogP contribution in [0.3, 0.4) is 0 Å². The molecule has 0 aromatic heterocycles. The normalized spacial score (nSPS) is 17.4. The van der Waals surface area contributed by atoms with Crippen LogP contribution in [0.25, 0.3) is 5.70 Å². The van der Waals surface area contributed by atoms with Gasteiger partial charge in [0, 0.05) is 28.5 Å². The fourth-order valence-electron chi connectivity index (χ4n) is 3.31. The van der Waals surface area contributed by atoms with Crippen LogP contribution < -0.4 is 4.90 Å². The van der Waals surface area contributed by atoms with Gasteiger partial charge in [0.2, 0.25) is 0 Å². The molecule has 1 aliphatic heterocycles. The molecule has 2 nitrogen and oxygen atoms in total. The molecule has 1 atom stereocenters. The third-order valence-corrected chi connectivity index (χ3v) is 5.49. The summed E-state index contributed by atoms with van der Waals surface area (Å²) in [7, 11) is 0. The molecule has 2 aromatic rings. The van der Waals surface area contributed by atoms with Crippen molar-refractivity contribution >= 4 is 27.3 Å². The topological polar surface area (TPSA) is 23.5 Å². The molecule has 27 heavy (non-hydrogen) atoms. The molecule has 1 aliphatic rings. The van der Waals surface area contributed by atoms with Gasteiger partial charge in [-0.3, -0.25) is 0 Å². The van der Waals surface area contributed by atoms with Gasteiger partial charge in [-0.2, -0.15) is 0 Å². The van der Waals surface area contributed by atoms with Crippen LogP contribution in [0.15, 0.2) is 46.6 Å². The van der Waals surface area contributed by atoms with Crippen LogP contribution in [-0.2, 0) is 0 Å². The van der Waals surface area contributed by atoms with Gasteiger partial charge in [-0.1, -0.05) is 35.0 Å². The minimum atomic E-state index is -1.03. The van der Waals surface area contributed by atoms with Crippen molar-refractivity contribution in [3.05, 3.63) is 80.7 Å². The molecule has 3 rings (SSSR count). The van der Waals surface area contributed by atoms with E-state index in [0.29, 0.717) is 28.6 Å². The van der Waals surface area contributed by atoms with Crippen LogP contribution in [0.1, 0.15) is 30.0 Å². The van der Waals surface area contributed by atoms with Gasteiger partial charge in [0.25, 0.3) is 0 Å². The number of halogens is 4. The van der Waals surface area contributed by atoms with E-state index < -0.39 is 23.6 Å². The number of benzene rings is 2. The van der Waals surface area contributed by atoms with Crippen LogP contribution in [-0.4, -0.2) is 11.2 Å². The van der Waals surface area contributed by atoms with Crippen LogP contribution in [0, 0.1) is 31.3 Å². The molecule has 0 saturated heterocycles. The molecule has 0 fully saturated rings. The predicted octanol–water partition coefficient (Wildman–Crippen LogP) is 5.96. The maximum Gasteiger partial charge on any atom is 0.138 e. The molecule has 0 amide bonds. The quantitative estimate of drug-likeness (QED) is 0.640. The minimum Gasteiger partial charge on any atom is -0.383 e. The zero-order valence-corrected chi connectivity index (χ0v) is 16.7. The molecule has 0 saturated carbocycles. The molecule has 1 unspecified atom stereocenters. The van der Waals surface area contributed by atoms with Crippen molar-refractivity contribution < 1.29 is 18.3 Å². The Balaban J connectivity index is 2.35. The van der Waals surface area contributed by atoms with Gasteiger partial charge in [-0.25, -0.2) is 13.2 Å². The molecule has 1 N–H and O–H groups in total. The molecule has 6 heteroatoms. The zero-order chi connectivity index (χ0) is 19.9. The lowest BCUT2D eigenvalue weighted by Crippen LogP contribution is -2.29. The third kappa shape index (κ3) is 3.44. The predicted molar refractivity (Wildman–Crippen MR) is 105 cm³/mol. The lowest BCUT2D eigenvalue weighted by molar-refractivity contribution is 0.251. The first kappa shape index (κ1) is 19.7. The maximum absolute atomic E-state index is 14.6. The average Bonchev–Trinajstić information content (AvgIpc) is 2.60. The average molecular weight is 438 g/mol. The van der Waals surface area contributed by atoms with E-state index >= 15 is 0 Å². The Hall–Kier alpha value is -2.05. The van der Waals surface area contributed by atoms with Crippen molar-refractivity contribution in [3.63, 3.8) is 0 Å². The SMILES string of the molecule is CCC1=C(c2c(F)cc(F)cc2F)N(c2cccc(C)c2C)C=C(Br)C1O. The van der Waals surface area contributed by atoms with Gasteiger partial charge < -0.3 is 10.0 Å². The van der Waals surface area contributed by atoms with Gasteiger partial charge in [-0.05, 0) is 43.0 Å². The Labute approximate surface area is 164 Å². The van der Waals surface area contributed by atoms with E-state index in [2.05, 4.69) is 15.9 Å². The highest BCUT2D eigenvalue weighted by Gasteiger charge is 2.32. The van der Waals surface area contributed by atoms with E-state index in [1.807, 2.05) is 32.0 Å². The lowest BCUT2D eigenvalue weighted by atomic mass is 9.94. The highest BCUT2D eigenvalue weighted by molar-refractivity contribution is 9.11. The Morgan fingerprint density at radius 3 is 2.33 bits per heavy atom. The number of nitrogens with zero attached hydrogens (tertiary/aromatic N) is 1. The minimum absolute atomic E-state index is 0.192. The van der Waals surface area contributed by atoms with Crippen LogP contribution in [0.4, 0.5) is 18.9 Å². The Morgan fingerprint density at radius 2 is 1.74 bits per heavy atom. The lowest BCUT2D eigenvalue weighted by Gasteiger charge is -2.35. The number of aliphatic hydroxyl groups excluding tert-OH is 1. The molecule has 0 bridgehead atoms. The van der Waals surface area contributed by atoms with Gasteiger partial charge in [-0.15, -0.1) is 0 Å². The number of hydrogen-bond acceptors (Lipinski definition) is 2. The highest BCUT2D eigenvalue weighted by Crippen LogP contribution is 2.42. The van der Waals surface area contributed by atoms with E-state index in [0.717, 1.165) is 16.8 Å². The summed E-state index contributed by atoms with van der Waals surface area (Å²) < 4.78 is 43.2. The summed E-state index contributed by atoms with van der Waals surface area (Å²) in [4.78, 5) is 1.65. The third-order valence-electron chi connectivity index (χ3n) is 4.85. The number of aliphatic hydroxyl groups is 1. The summed E-state index contributed by atoms with van der Waals surface area (Å²) in [5, 5.41) is 10.6. The van der Waals surface area contributed by atoms with E-state index in [1.165, 1.54) is 0 Å². The monoisotopic (exact) mass is 437 g/mol. The molecule has 142 valence electrons. The molecular weight excluding hydrogens is 419 g/mol. The van der Waals surface area contributed by atoms with Gasteiger partial charge in [0.05, 0.1) is 11.3 Å². The van der Waals surface area contributed by atoms with Crippen molar-refractivity contribution in [2.24, 2.45) is 0 Å². The Kier molecular flexibility index (Phi) is 5.49. The van der Waals surface area contributed by atoms with Crippen LogP contribution >= 0.6 is 15.9 Å². The summed E-state index contributed by atoms with van der Waals surface area (Å²) in [6, 6.07) is 6.94. The summed E-state index contributed by atoms with van der Waals surface area (Å²) >= 11 is 3.35. The van der Waals surface area contributed by atoms with Gasteiger partial charge in [0.1, 0.15) is 23.6 Å². The van der Waals surface area contributed by atoms with Crippen molar-refractivity contribution in [1.82, 2.24) is 0 Å². The molecular formula is C21H19BrF3NO. The fourth-order valence-corrected chi connectivity index (χ4v) is 3.79. The maximum atomic E-state index is 14.6. The van der Waals surface area contributed by atoms with Crippen molar-refractivity contribution in [2.45, 2.75) is 33.3 Å². The Morgan fingerprint density at radius 1 is 1.11 bits per heavy atom. The molecule has 0 radical (unpaired) electrons. The highest BCUT2D eigenvalue weighted by atomic mass is 79.9. The Bertz CT molecular complexity index is 945. The molecule has 0 aliphatic carbocycles. The number of rotatable bonds is 3. The first-order valence-corrected chi connectivity index (χ1v) is 9.34. The van der Waals surface area contributed by atoms with Crippen molar-refractivity contribution in [3.8, 4) is 0 Å². The summed E-state index contributed by atoms with van der Waals surface area (Å²) in [6.07, 6.45) is 0.926. The zero-order valence-electron chi connectivity index (χ0n) is 15.2. The second-order valence-corrected chi connectivity index (χ2v) is 7.39. The van der Waals surface area contributed by atoms with Crippen LogP contribution in [0.5, 0.6) is 0 Å². The summed E-state index contributed by atoms with van der Waals surface area (Å²) in [5.41, 5.74) is 2.95. The van der Waals surface area contributed by atoms with Crippen molar-refractivity contribution in [1.29, 1.82) is 0 Å². The largest absolute Gasteiger partial charge is 0.383 e. The second-order valence-electron chi connectivity index (χ2n) is 6.48. The first-order valence-electron chi connectivity index (χ1n) is 8.54. The standard InChI is InChI=1S/C21H19BrF3NO/c1-4-14-20(19-16(24)8-13(23)9-17(19)25)26(10-15(22)21(14)27)18-7-5-6-11(2)12(18)3/h5-10,21,27H,4H2,1-3H3. The first-order chi connectivity index (χ1) is 12.8. The van der Waals surface area contributed by atoms with E-state index in [1.54, 1.807) is 18.0 Å².